The van der Waals surface area contributed by atoms with Gasteiger partial charge in [-0.05, 0) is 51.3 Å². The minimum Gasteiger partial charge on any atom is -0.456 e. The summed E-state index contributed by atoms with van der Waals surface area (Å²) in [5.74, 6) is -0.255. The normalized spacial score (nSPS) is 20.4. The van der Waals surface area contributed by atoms with E-state index in [-0.39, 0.29) is 18.2 Å². The maximum absolute atomic E-state index is 12.7. The fraction of sp³-hybridized carbons (Fsp3) is 0.500. The monoisotopic (exact) mass is 342 g/mol. The number of aromatic nitrogens is 2. The van der Waals surface area contributed by atoms with Gasteiger partial charge in [0.05, 0.1) is 23.9 Å². The highest BCUT2D eigenvalue weighted by molar-refractivity contribution is 5.91. The fourth-order valence-electron chi connectivity index (χ4n) is 3.57. The lowest BCUT2D eigenvalue weighted by Crippen LogP contribution is -2.35. The van der Waals surface area contributed by atoms with Gasteiger partial charge in [-0.25, -0.2) is 4.79 Å². The molecular formula is C20H26N2O3. The first-order valence-electron chi connectivity index (χ1n) is 8.90. The van der Waals surface area contributed by atoms with Gasteiger partial charge in [0.2, 0.25) is 0 Å². The van der Waals surface area contributed by atoms with Crippen LogP contribution >= 0.6 is 0 Å². The average molecular weight is 342 g/mol. The second-order valence-electron chi connectivity index (χ2n) is 6.69. The number of hydrogen-bond acceptors (Lipinski definition) is 4. The molecule has 2 heterocycles. The highest BCUT2D eigenvalue weighted by Crippen LogP contribution is 2.25. The van der Waals surface area contributed by atoms with E-state index in [4.69, 9.17) is 9.47 Å². The molecule has 5 nitrogen and oxygen atoms in total. The lowest BCUT2D eigenvalue weighted by molar-refractivity contribution is -0.0539. The fourth-order valence-corrected chi connectivity index (χ4v) is 3.57. The Hall–Kier alpha value is -2.14. The summed E-state index contributed by atoms with van der Waals surface area (Å²) >= 11 is 0. The van der Waals surface area contributed by atoms with Crippen LogP contribution in [0.5, 0.6) is 0 Å². The number of carbonyl (C=O) groups excluding carboxylic acids is 1. The van der Waals surface area contributed by atoms with E-state index in [1.807, 2.05) is 38.1 Å². The van der Waals surface area contributed by atoms with Gasteiger partial charge < -0.3 is 14.0 Å². The maximum Gasteiger partial charge on any atom is 0.340 e. The molecule has 0 saturated heterocycles. The largest absolute Gasteiger partial charge is 0.456 e. The van der Waals surface area contributed by atoms with Crippen LogP contribution in [0.4, 0.5) is 0 Å². The molecule has 0 aromatic carbocycles. The van der Waals surface area contributed by atoms with Crippen molar-refractivity contribution in [1.29, 1.82) is 0 Å². The number of aryl methyl sites for hydroxylation is 1. The highest BCUT2D eigenvalue weighted by Gasteiger charge is 2.29. The van der Waals surface area contributed by atoms with Crippen LogP contribution in [-0.4, -0.2) is 34.8 Å². The van der Waals surface area contributed by atoms with Crippen LogP contribution in [0.3, 0.4) is 0 Å². The van der Waals surface area contributed by atoms with Gasteiger partial charge in [0.15, 0.2) is 0 Å². The van der Waals surface area contributed by atoms with Crippen LogP contribution in [0.2, 0.25) is 0 Å². The molecule has 0 amide bonds. The minimum atomic E-state index is -0.255. The predicted molar refractivity (Wildman–Crippen MR) is 95.7 cm³/mol. The van der Waals surface area contributed by atoms with Crippen molar-refractivity contribution in [2.24, 2.45) is 0 Å². The Kier molecular flexibility index (Phi) is 5.53. The molecule has 1 fully saturated rings. The van der Waals surface area contributed by atoms with Crippen molar-refractivity contribution < 1.29 is 14.3 Å². The van der Waals surface area contributed by atoms with Crippen molar-refractivity contribution in [3.63, 3.8) is 0 Å². The summed E-state index contributed by atoms with van der Waals surface area (Å²) in [6, 6.07) is 7.77. The Labute approximate surface area is 149 Å². The lowest BCUT2D eigenvalue weighted by Gasteiger charge is -2.29. The van der Waals surface area contributed by atoms with Crippen LogP contribution in [-0.2, 0) is 16.0 Å². The van der Waals surface area contributed by atoms with Crippen molar-refractivity contribution in [2.75, 3.05) is 7.11 Å². The molecule has 0 aliphatic heterocycles. The van der Waals surface area contributed by atoms with Gasteiger partial charge in [-0.15, -0.1) is 0 Å². The third kappa shape index (κ3) is 3.93. The Morgan fingerprint density at radius 1 is 1.24 bits per heavy atom. The number of ether oxygens (including phenoxy) is 2. The van der Waals surface area contributed by atoms with Gasteiger partial charge >= 0.3 is 5.97 Å². The summed E-state index contributed by atoms with van der Waals surface area (Å²) < 4.78 is 13.4. The van der Waals surface area contributed by atoms with Gasteiger partial charge in [0.1, 0.15) is 6.10 Å². The minimum absolute atomic E-state index is 0.00899. The topological polar surface area (TPSA) is 53.4 Å². The van der Waals surface area contributed by atoms with Gasteiger partial charge in [0.25, 0.3) is 0 Å². The molecule has 2 aromatic heterocycles. The third-order valence-corrected chi connectivity index (χ3v) is 5.04. The molecule has 0 spiro atoms. The van der Waals surface area contributed by atoms with Crippen molar-refractivity contribution >= 4 is 5.97 Å². The standard InChI is InChI=1S/C20H26N2O3/c1-14-12-17(15(2)22(14)13-16-8-6-7-11-21-16)20(23)25-19-10-5-4-9-18(19)24-3/h6-8,11-12,18-19H,4-5,9-10,13H2,1-3H3. The summed E-state index contributed by atoms with van der Waals surface area (Å²) in [5.41, 5.74) is 3.55. The van der Waals surface area contributed by atoms with Crippen LogP contribution in [0.15, 0.2) is 30.5 Å². The average Bonchev–Trinajstić information content (AvgIpc) is 2.91. The molecule has 134 valence electrons. The lowest BCUT2D eigenvalue weighted by atomic mass is 9.94. The molecular weight excluding hydrogens is 316 g/mol. The summed E-state index contributed by atoms with van der Waals surface area (Å²) in [5, 5.41) is 0. The first-order chi connectivity index (χ1) is 12.1. The molecule has 5 heteroatoms. The highest BCUT2D eigenvalue weighted by atomic mass is 16.6. The van der Waals surface area contributed by atoms with E-state index in [9.17, 15) is 4.79 Å². The maximum atomic E-state index is 12.7. The van der Waals surface area contributed by atoms with Crippen LogP contribution < -0.4 is 0 Å². The van der Waals surface area contributed by atoms with E-state index in [2.05, 4.69) is 9.55 Å². The zero-order chi connectivity index (χ0) is 17.8. The Balaban J connectivity index is 1.76. The SMILES string of the molecule is COC1CCCCC1OC(=O)c1cc(C)n(Cc2ccccn2)c1C. The van der Waals surface area contributed by atoms with Gasteiger partial charge in [-0.1, -0.05) is 12.5 Å². The van der Waals surface area contributed by atoms with E-state index in [0.717, 1.165) is 42.8 Å². The van der Waals surface area contributed by atoms with Gasteiger partial charge in [0, 0.05) is 24.7 Å². The number of methoxy groups -OCH3 is 1. The summed E-state index contributed by atoms with van der Waals surface area (Å²) in [6.45, 7) is 4.61. The smallest absolute Gasteiger partial charge is 0.340 e. The van der Waals surface area contributed by atoms with E-state index in [0.29, 0.717) is 12.1 Å². The third-order valence-electron chi connectivity index (χ3n) is 5.04. The molecule has 25 heavy (non-hydrogen) atoms. The van der Waals surface area contributed by atoms with Crippen molar-refractivity contribution in [2.45, 2.75) is 58.3 Å². The second-order valence-corrected chi connectivity index (χ2v) is 6.69. The molecule has 1 saturated carbocycles. The van der Waals surface area contributed by atoms with Crippen LogP contribution in [0.1, 0.15) is 53.1 Å². The predicted octanol–water partition coefficient (Wildman–Crippen LogP) is 3.66. The van der Waals surface area contributed by atoms with Crippen molar-refractivity contribution in [3.05, 3.63) is 53.1 Å². The Morgan fingerprint density at radius 2 is 2.00 bits per heavy atom. The van der Waals surface area contributed by atoms with Crippen molar-refractivity contribution in [3.8, 4) is 0 Å². The summed E-state index contributed by atoms with van der Waals surface area (Å²) in [4.78, 5) is 17.1. The summed E-state index contributed by atoms with van der Waals surface area (Å²) in [6.07, 6.45) is 5.68. The Morgan fingerprint density at radius 3 is 2.68 bits per heavy atom. The molecule has 0 radical (unpaired) electrons. The first-order valence-corrected chi connectivity index (χ1v) is 8.90. The van der Waals surface area contributed by atoms with Gasteiger partial charge in [-0.2, -0.15) is 0 Å². The molecule has 1 aliphatic rings. The number of esters is 1. The number of hydrogen-bond donors (Lipinski definition) is 0. The van der Waals surface area contributed by atoms with Crippen LogP contribution in [0.25, 0.3) is 0 Å². The van der Waals surface area contributed by atoms with Gasteiger partial charge in [-0.3, -0.25) is 4.98 Å². The zero-order valence-electron chi connectivity index (χ0n) is 15.2. The molecule has 0 N–H and O–H groups in total. The van der Waals surface area contributed by atoms with Crippen molar-refractivity contribution in [1.82, 2.24) is 9.55 Å². The van der Waals surface area contributed by atoms with E-state index in [1.165, 1.54) is 0 Å². The zero-order valence-corrected chi connectivity index (χ0v) is 15.2. The van der Waals surface area contributed by atoms with E-state index >= 15 is 0 Å². The molecule has 1 aliphatic carbocycles. The number of carbonyl (C=O) groups is 1. The summed E-state index contributed by atoms with van der Waals surface area (Å²) in [7, 11) is 1.69. The second kappa shape index (κ2) is 7.83. The number of rotatable bonds is 5. The number of nitrogens with zero attached hydrogens (tertiary/aromatic N) is 2. The molecule has 3 rings (SSSR count). The first kappa shape index (κ1) is 17.7. The molecule has 2 unspecified atom stereocenters. The quantitative estimate of drug-likeness (QED) is 0.778. The van der Waals surface area contributed by atoms with E-state index in [1.54, 1.807) is 13.3 Å². The number of pyridine rings is 1. The molecule has 0 bridgehead atoms. The Bertz CT molecular complexity index is 724. The van der Waals surface area contributed by atoms with E-state index < -0.39 is 0 Å². The molecule has 2 atom stereocenters. The van der Waals surface area contributed by atoms with Crippen LogP contribution in [0, 0.1) is 13.8 Å². The molecule has 2 aromatic rings.